The van der Waals surface area contributed by atoms with Crippen molar-refractivity contribution in [1.29, 1.82) is 0 Å². The van der Waals surface area contributed by atoms with Gasteiger partial charge in [-0.3, -0.25) is 9.59 Å². The quantitative estimate of drug-likeness (QED) is 0.0795. The van der Waals surface area contributed by atoms with Crippen LogP contribution in [0.5, 0.6) is 0 Å². The highest BCUT2D eigenvalue weighted by atomic mass is 16.3. The number of nitrogens with zero attached hydrogens (tertiary/aromatic N) is 13. The summed E-state index contributed by atoms with van der Waals surface area (Å²) in [5.74, 6) is 2.43. The fourth-order valence-corrected chi connectivity index (χ4v) is 11.4. The summed E-state index contributed by atoms with van der Waals surface area (Å²) in [7, 11) is 8.53. The number of fused-ring (bicyclic) bond motifs is 4. The first-order valence-corrected chi connectivity index (χ1v) is 26.4. The maximum absolute atomic E-state index is 13.2. The highest BCUT2D eigenvalue weighted by Gasteiger charge is 2.52. The number of hydrogen-bond donors (Lipinski definition) is 3. The lowest BCUT2D eigenvalue weighted by atomic mass is 9.60. The van der Waals surface area contributed by atoms with Gasteiger partial charge in [0.25, 0.3) is 11.1 Å². The van der Waals surface area contributed by atoms with E-state index in [-0.39, 0.29) is 17.7 Å². The van der Waals surface area contributed by atoms with Gasteiger partial charge in [-0.25, -0.2) is 38.7 Å². The standard InChI is InChI=1S/C30H34N8O2.C28H33N7O/c1-4-13-37-28(40)23-16-31-29(34-27(23)38(37)25-12-6-19-5-11-24(39)26(19)33-25)32-20-7-9-21(10-8-20)36-17-30(18-36)14-22(15-30)35(2)3;1-5-16-34-27(36)23-18-29-28(30-22-13-9-20(10-14-22)7-6-17-33(3)4)32-26(23)35(34)24-15-12-21-11-8-19(2)25(21)31-24/h4,6-10,12,16,22,24,39H,1,5,11,13-15,17-18H2,2-3H3,(H,31,32,34);5,9-10,12-15,18-19H,1,6-8,11,16-17H2,2-4H3,(H,29,30,32). The normalized spacial score (nSPS) is 17.4. The molecule has 0 bridgehead atoms. The Morgan fingerprint density at radius 3 is 1.76 bits per heavy atom. The fraction of sp³-hybridized carbons (Fsp3) is 0.379. The maximum atomic E-state index is 13.2. The van der Waals surface area contributed by atoms with E-state index in [1.54, 1.807) is 43.3 Å². The Balaban J connectivity index is 0.000000163. The molecule has 4 aliphatic rings. The topological polar surface area (TPSA) is 185 Å². The molecule has 18 heteroatoms. The van der Waals surface area contributed by atoms with Crippen LogP contribution < -0.4 is 26.7 Å². The molecule has 1 saturated heterocycles. The van der Waals surface area contributed by atoms with Gasteiger partial charge in [-0.15, -0.1) is 13.2 Å². The Labute approximate surface area is 442 Å². The Morgan fingerprint density at radius 1 is 0.697 bits per heavy atom. The minimum absolute atomic E-state index is 0.158. The molecule has 3 aliphatic carbocycles. The fourth-order valence-electron chi connectivity index (χ4n) is 11.4. The van der Waals surface area contributed by atoms with Crippen LogP contribution in [0.2, 0.25) is 0 Å². The molecular weight excluding hydrogens is 955 g/mol. The minimum Gasteiger partial charge on any atom is -0.387 e. The van der Waals surface area contributed by atoms with Crippen molar-refractivity contribution in [3.63, 3.8) is 0 Å². The van der Waals surface area contributed by atoms with Gasteiger partial charge in [-0.1, -0.05) is 43.3 Å². The molecule has 6 aromatic heterocycles. The number of aliphatic hydroxyl groups is 1. The Kier molecular flexibility index (Phi) is 13.7. The van der Waals surface area contributed by atoms with Gasteiger partial charge in [0, 0.05) is 59.7 Å². The molecule has 3 N–H and O–H groups in total. The first kappa shape index (κ1) is 50.4. The van der Waals surface area contributed by atoms with Crippen molar-refractivity contribution in [1.82, 2.24) is 58.4 Å². The van der Waals surface area contributed by atoms with Crippen LogP contribution in [-0.4, -0.2) is 117 Å². The van der Waals surface area contributed by atoms with Crippen molar-refractivity contribution in [2.45, 2.75) is 89.4 Å². The maximum Gasteiger partial charge on any atom is 0.278 e. The molecule has 18 nitrogen and oxygen atoms in total. The van der Waals surface area contributed by atoms with E-state index in [1.807, 2.05) is 42.5 Å². The first-order valence-electron chi connectivity index (χ1n) is 26.4. The number of aliphatic hydroxyl groups excluding tert-OH is 1. The Hall–Kier alpha value is -7.80. The van der Waals surface area contributed by atoms with Gasteiger partial charge in [0.15, 0.2) is 22.9 Å². The molecule has 7 heterocycles. The van der Waals surface area contributed by atoms with Crippen molar-refractivity contribution in [2.24, 2.45) is 5.41 Å². The molecular formula is C58H67N15O3. The second-order valence-electron chi connectivity index (χ2n) is 21.5. The lowest BCUT2D eigenvalue weighted by molar-refractivity contribution is 0.00134. The zero-order valence-corrected chi connectivity index (χ0v) is 44.2. The third-order valence-electron chi connectivity index (χ3n) is 15.6. The number of aryl methyl sites for hydroxylation is 3. The molecule has 2 atom stereocenters. The minimum atomic E-state index is -0.600. The molecule has 12 rings (SSSR count). The van der Waals surface area contributed by atoms with E-state index in [0.717, 1.165) is 80.4 Å². The predicted octanol–water partition coefficient (Wildman–Crippen LogP) is 7.87. The largest absolute Gasteiger partial charge is 0.387 e. The van der Waals surface area contributed by atoms with Gasteiger partial charge in [-0.2, -0.15) is 9.97 Å². The SMILES string of the molecule is C=CCn1c(=O)c2cnc(Nc3ccc(CCCN(C)C)cc3)nc2n1-c1ccc2c(n1)C(C)CC2.C=CCn1c(=O)c2cnc(Nc3ccc(N4CC5(CC(N(C)C)C5)C4)cc3)nc2n1-c1ccc2c(n1)C(O)CC2. The summed E-state index contributed by atoms with van der Waals surface area (Å²) in [5, 5.41) is 17.8. The number of benzene rings is 2. The zero-order valence-electron chi connectivity index (χ0n) is 44.2. The van der Waals surface area contributed by atoms with Gasteiger partial charge in [0.1, 0.15) is 10.8 Å². The van der Waals surface area contributed by atoms with Gasteiger partial charge in [-0.05, 0) is 157 Å². The van der Waals surface area contributed by atoms with E-state index in [0.29, 0.717) is 75.6 Å². The zero-order chi connectivity index (χ0) is 52.8. The van der Waals surface area contributed by atoms with Crippen molar-refractivity contribution in [2.75, 3.05) is 63.4 Å². The Morgan fingerprint density at radius 2 is 1.22 bits per heavy atom. The molecule has 392 valence electrons. The second kappa shape index (κ2) is 20.7. The molecule has 0 amide bonds. The lowest BCUT2D eigenvalue weighted by Gasteiger charge is -2.61. The van der Waals surface area contributed by atoms with Crippen molar-refractivity contribution in [3.8, 4) is 11.6 Å². The summed E-state index contributed by atoms with van der Waals surface area (Å²) in [6.45, 7) is 13.8. The number of allylic oxidation sites excluding steroid dienone is 2. The van der Waals surface area contributed by atoms with E-state index >= 15 is 0 Å². The summed E-state index contributed by atoms with van der Waals surface area (Å²) in [5.41, 5.74) is 9.46. The molecule has 2 aromatic carbocycles. The molecule has 76 heavy (non-hydrogen) atoms. The third kappa shape index (κ3) is 9.71. The van der Waals surface area contributed by atoms with Gasteiger partial charge < -0.3 is 30.4 Å². The van der Waals surface area contributed by atoms with Crippen LogP contribution in [0.3, 0.4) is 0 Å². The highest BCUT2D eigenvalue weighted by molar-refractivity contribution is 5.78. The van der Waals surface area contributed by atoms with Crippen LogP contribution in [-0.2, 0) is 32.4 Å². The number of anilines is 5. The van der Waals surface area contributed by atoms with Gasteiger partial charge >= 0.3 is 0 Å². The number of pyridine rings is 2. The van der Waals surface area contributed by atoms with E-state index < -0.39 is 6.10 Å². The molecule has 1 spiro atoms. The molecule has 8 aromatic rings. The molecule has 2 unspecified atom stereocenters. The number of hydrogen-bond acceptors (Lipinski definition) is 14. The van der Waals surface area contributed by atoms with Crippen molar-refractivity contribution < 1.29 is 5.11 Å². The predicted molar refractivity (Wildman–Crippen MR) is 300 cm³/mol. The van der Waals surface area contributed by atoms with Gasteiger partial charge in [0.2, 0.25) is 11.9 Å². The van der Waals surface area contributed by atoms with Crippen LogP contribution in [0.25, 0.3) is 33.7 Å². The second-order valence-corrected chi connectivity index (χ2v) is 21.5. The van der Waals surface area contributed by atoms with Crippen LogP contribution >= 0.6 is 0 Å². The smallest absolute Gasteiger partial charge is 0.278 e. The van der Waals surface area contributed by atoms with Crippen LogP contribution in [0.4, 0.5) is 29.0 Å². The van der Waals surface area contributed by atoms with E-state index in [9.17, 15) is 14.7 Å². The van der Waals surface area contributed by atoms with Crippen LogP contribution in [0.15, 0.2) is 120 Å². The monoisotopic (exact) mass is 1020 g/mol. The van der Waals surface area contributed by atoms with Gasteiger partial charge in [0.05, 0.1) is 24.9 Å². The third-order valence-corrected chi connectivity index (χ3v) is 15.6. The van der Waals surface area contributed by atoms with E-state index in [2.05, 4.69) is 114 Å². The van der Waals surface area contributed by atoms with E-state index in [4.69, 9.17) is 19.9 Å². The Bertz CT molecular complexity index is 3580. The molecule has 1 aliphatic heterocycles. The van der Waals surface area contributed by atoms with Crippen LogP contribution in [0.1, 0.15) is 79.1 Å². The highest BCUT2D eigenvalue weighted by Crippen LogP contribution is 2.51. The summed E-state index contributed by atoms with van der Waals surface area (Å²) in [6.07, 6.45) is 14.2. The summed E-state index contributed by atoms with van der Waals surface area (Å²) in [4.78, 5) is 61.5. The molecule has 0 radical (unpaired) electrons. The van der Waals surface area contributed by atoms with E-state index in [1.165, 1.54) is 29.7 Å². The summed E-state index contributed by atoms with van der Waals surface area (Å²) < 4.78 is 6.66. The first-order chi connectivity index (χ1) is 36.8. The summed E-state index contributed by atoms with van der Waals surface area (Å²) in [6, 6.07) is 25.3. The average Bonchev–Trinajstić information content (AvgIpc) is 4.14. The lowest BCUT2D eigenvalue weighted by Crippen LogP contribution is -2.66. The average molecular weight is 1020 g/mol. The molecule has 2 fully saturated rings. The molecule has 1 saturated carbocycles. The number of aromatic nitrogens is 10. The van der Waals surface area contributed by atoms with Crippen molar-refractivity contribution >= 4 is 51.0 Å². The summed E-state index contributed by atoms with van der Waals surface area (Å²) >= 11 is 0. The van der Waals surface area contributed by atoms with Crippen LogP contribution in [0, 0.1) is 5.41 Å². The number of rotatable bonds is 16. The number of nitrogens with one attached hydrogen (secondary N) is 2. The van der Waals surface area contributed by atoms with Crippen molar-refractivity contribution in [3.05, 3.63) is 159 Å².